The summed E-state index contributed by atoms with van der Waals surface area (Å²) >= 11 is 1.55. The molecule has 0 radical (unpaired) electrons. The largest absolute Gasteiger partial charge is 0.360 e. The number of hydrogen-bond donors (Lipinski definition) is 2. The fourth-order valence-electron chi connectivity index (χ4n) is 2.18. The molecule has 0 fully saturated rings. The summed E-state index contributed by atoms with van der Waals surface area (Å²) in [6, 6.07) is 20.1. The van der Waals surface area contributed by atoms with Crippen LogP contribution < -0.4 is 4.72 Å². The highest BCUT2D eigenvalue weighted by Gasteiger charge is 2.04. The van der Waals surface area contributed by atoms with Crippen molar-refractivity contribution in [3.05, 3.63) is 71.9 Å². The summed E-state index contributed by atoms with van der Waals surface area (Å²) in [6.45, 7) is 2.00. The van der Waals surface area contributed by atoms with Gasteiger partial charge in [-0.25, -0.2) is 0 Å². The van der Waals surface area contributed by atoms with Gasteiger partial charge in [-0.2, -0.15) is 5.26 Å². The molecule has 108 valence electrons. The first-order valence-electron chi connectivity index (χ1n) is 6.94. The first-order valence-corrected chi connectivity index (χ1v) is 7.75. The monoisotopic (exact) mass is 305 g/mol. The van der Waals surface area contributed by atoms with Gasteiger partial charge in [-0.1, -0.05) is 30.3 Å². The Kier molecular flexibility index (Phi) is 4.17. The maximum Gasteiger partial charge on any atom is 0.0991 e. The quantitative estimate of drug-likeness (QED) is 0.668. The number of nitriles is 1. The average Bonchev–Trinajstić information content (AvgIpc) is 3.03. The number of aromatic nitrogens is 1. The van der Waals surface area contributed by atoms with Gasteiger partial charge in [0.1, 0.15) is 0 Å². The van der Waals surface area contributed by atoms with Gasteiger partial charge in [-0.05, 0) is 54.3 Å². The van der Waals surface area contributed by atoms with Crippen molar-refractivity contribution >= 4 is 17.6 Å². The third-order valence-electron chi connectivity index (χ3n) is 3.38. The molecule has 3 aromatic rings. The number of rotatable bonds is 4. The lowest BCUT2D eigenvalue weighted by molar-refractivity contribution is 1.37. The summed E-state index contributed by atoms with van der Waals surface area (Å²) in [6.07, 6.45) is 1.99. The van der Waals surface area contributed by atoms with E-state index in [0.29, 0.717) is 5.56 Å². The molecule has 0 saturated heterocycles. The van der Waals surface area contributed by atoms with Gasteiger partial charge in [0, 0.05) is 22.5 Å². The van der Waals surface area contributed by atoms with E-state index in [1.54, 1.807) is 11.9 Å². The predicted molar refractivity (Wildman–Crippen MR) is 91.6 cm³/mol. The minimum atomic E-state index is 0.682. The Bertz CT molecular complexity index is 816. The summed E-state index contributed by atoms with van der Waals surface area (Å²) in [7, 11) is 0. The van der Waals surface area contributed by atoms with E-state index in [1.807, 2.05) is 49.5 Å². The zero-order valence-electron chi connectivity index (χ0n) is 12.1. The number of aromatic amines is 1. The maximum atomic E-state index is 8.89. The second-order valence-electron chi connectivity index (χ2n) is 4.96. The summed E-state index contributed by atoms with van der Waals surface area (Å²) < 4.78 is 3.33. The van der Waals surface area contributed by atoms with E-state index in [0.717, 1.165) is 21.8 Å². The highest BCUT2D eigenvalue weighted by atomic mass is 32.2. The van der Waals surface area contributed by atoms with E-state index >= 15 is 0 Å². The van der Waals surface area contributed by atoms with E-state index in [9.17, 15) is 0 Å². The van der Waals surface area contributed by atoms with Crippen molar-refractivity contribution in [2.24, 2.45) is 0 Å². The minimum Gasteiger partial charge on any atom is -0.360 e. The standard InChI is InChI=1S/C18H15N3S/c1-13-9-14(11-19)7-8-17(13)21-22-16-10-18(20-12-16)15-5-3-2-4-6-15/h2-10,12,20-21H,1H3. The van der Waals surface area contributed by atoms with Gasteiger partial charge in [-0.15, -0.1) is 0 Å². The van der Waals surface area contributed by atoms with Gasteiger partial charge in [0.05, 0.1) is 11.6 Å². The Balaban J connectivity index is 1.70. The van der Waals surface area contributed by atoms with E-state index in [-0.39, 0.29) is 0 Å². The molecular weight excluding hydrogens is 290 g/mol. The molecule has 3 rings (SSSR count). The molecule has 0 spiro atoms. The summed E-state index contributed by atoms with van der Waals surface area (Å²) in [5, 5.41) is 8.89. The lowest BCUT2D eigenvalue weighted by Crippen LogP contribution is -1.90. The topological polar surface area (TPSA) is 51.6 Å². The van der Waals surface area contributed by atoms with Crippen LogP contribution in [0.15, 0.2) is 65.7 Å². The highest BCUT2D eigenvalue weighted by Crippen LogP contribution is 2.27. The Morgan fingerprint density at radius 3 is 2.64 bits per heavy atom. The van der Waals surface area contributed by atoms with Crippen molar-refractivity contribution in [1.29, 1.82) is 5.26 Å². The van der Waals surface area contributed by atoms with E-state index in [1.165, 1.54) is 5.56 Å². The Morgan fingerprint density at radius 1 is 1.09 bits per heavy atom. The fraction of sp³-hybridized carbons (Fsp3) is 0.0556. The molecule has 1 heterocycles. The van der Waals surface area contributed by atoms with Crippen LogP contribution in [0.4, 0.5) is 5.69 Å². The van der Waals surface area contributed by atoms with Crippen LogP contribution in [0.3, 0.4) is 0 Å². The minimum absolute atomic E-state index is 0.682. The van der Waals surface area contributed by atoms with Crippen LogP contribution in [0, 0.1) is 18.3 Å². The van der Waals surface area contributed by atoms with Crippen molar-refractivity contribution in [3.8, 4) is 17.3 Å². The predicted octanol–water partition coefficient (Wildman–Crippen LogP) is 4.98. The van der Waals surface area contributed by atoms with Crippen LogP contribution in [0.25, 0.3) is 11.3 Å². The second kappa shape index (κ2) is 6.42. The van der Waals surface area contributed by atoms with Gasteiger partial charge in [0.25, 0.3) is 0 Å². The smallest absolute Gasteiger partial charge is 0.0991 e. The number of anilines is 1. The molecule has 0 aliphatic carbocycles. The molecule has 0 saturated carbocycles. The molecule has 0 unspecified atom stereocenters. The van der Waals surface area contributed by atoms with Crippen LogP contribution >= 0.6 is 11.9 Å². The van der Waals surface area contributed by atoms with Crippen LogP contribution in [0.1, 0.15) is 11.1 Å². The lowest BCUT2D eigenvalue weighted by atomic mass is 10.1. The number of benzene rings is 2. The number of nitrogens with zero attached hydrogens (tertiary/aromatic N) is 1. The Labute approximate surface area is 134 Å². The third kappa shape index (κ3) is 3.16. The number of nitrogens with one attached hydrogen (secondary N) is 2. The van der Waals surface area contributed by atoms with Crippen LogP contribution in [-0.4, -0.2) is 4.98 Å². The zero-order valence-corrected chi connectivity index (χ0v) is 12.9. The van der Waals surface area contributed by atoms with Crippen molar-refractivity contribution in [1.82, 2.24) is 4.98 Å². The van der Waals surface area contributed by atoms with E-state index in [4.69, 9.17) is 5.26 Å². The third-order valence-corrected chi connectivity index (χ3v) is 4.17. The van der Waals surface area contributed by atoms with Crippen LogP contribution in [0.2, 0.25) is 0 Å². The van der Waals surface area contributed by atoms with Gasteiger partial charge in [-0.3, -0.25) is 0 Å². The molecule has 2 N–H and O–H groups in total. The molecule has 1 aromatic heterocycles. The first-order chi connectivity index (χ1) is 10.8. The molecule has 0 amide bonds. The summed E-state index contributed by atoms with van der Waals surface area (Å²) in [5.41, 5.74) is 5.03. The van der Waals surface area contributed by atoms with Gasteiger partial charge in [0.2, 0.25) is 0 Å². The zero-order chi connectivity index (χ0) is 15.4. The first kappa shape index (κ1) is 14.3. The average molecular weight is 305 g/mol. The Morgan fingerprint density at radius 2 is 1.91 bits per heavy atom. The lowest BCUT2D eigenvalue weighted by Gasteiger charge is -2.07. The second-order valence-corrected chi connectivity index (χ2v) is 5.84. The molecule has 4 heteroatoms. The Hall–Kier alpha value is -2.64. The number of H-pyrrole nitrogens is 1. The number of hydrogen-bond acceptors (Lipinski definition) is 3. The molecule has 0 bridgehead atoms. The van der Waals surface area contributed by atoms with Crippen LogP contribution in [0.5, 0.6) is 0 Å². The molecule has 2 aromatic carbocycles. The van der Waals surface area contributed by atoms with E-state index in [2.05, 4.69) is 34.0 Å². The molecule has 0 atom stereocenters. The molecular formula is C18H15N3S. The number of aryl methyl sites for hydroxylation is 1. The molecule has 0 aliphatic rings. The van der Waals surface area contributed by atoms with Crippen molar-refractivity contribution in [2.75, 3.05) is 4.72 Å². The van der Waals surface area contributed by atoms with Crippen LogP contribution in [-0.2, 0) is 0 Å². The molecule has 22 heavy (non-hydrogen) atoms. The van der Waals surface area contributed by atoms with Gasteiger partial charge < -0.3 is 9.71 Å². The van der Waals surface area contributed by atoms with Gasteiger partial charge >= 0.3 is 0 Å². The summed E-state index contributed by atoms with van der Waals surface area (Å²) in [4.78, 5) is 4.40. The van der Waals surface area contributed by atoms with Crippen molar-refractivity contribution < 1.29 is 0 Å². The van der Waals surface area contributed by atoms with E-state index < -0.39 is 0 Å². The summed E-state index contributed by atoms with van der Waals surface area (Å²) in [5.74, 6) is 0. The SMILES string of the molecule is Cc1cc(C#N)ccc1NSc1c[nH]c(-c2ccccc2)c1. The normalized spacial score (nSPS) is 10.2. The van der Waals surface area contributed by atoms with Crippen molar-refractivity contribution in [3.63, 3.8) is 0 Å². The van der Waals surface area contributed by atoms with Gasteiger partial charge in [0.15, 0.2) is 0 Å². The molecule has 3 nitrogen and oxygen atoms in total. The molecule has 0 aliphatic heterocycles. The van der Waals surface area contributed by atoms with Crippen molar-refractivity contribution in [2.45, 2.75) is 11.8 Å². The maximum absolute atomic E-state index is 8.89. The highest BCUT2D eigenvalue weighted by molar-refractivity contribution is 8.00. The fourth-order valence-corrected chi connectivity index (χ4v) is 2.93.